The first kappa shape index (κ1) is 21.7. The third kappa shape index (κ3) is 5.03. The van der Waals surface area contributed by atoms with Crippen LogP contribution in [0.4, 0.5) is 10.1 Å². The van der Waals surface area contributed by atoms with Gasteiger partial charge in [-0.15, -0.1) is 0 Å². The third-order valence-corrected chi connectivity index (χ3v) is 5.67. The highest BCUT2D eigenvalue weighted by Gasteiger charge is 2.38. The van der Waals surface area contributed by atoms with Crippen molar-refractivity contribution in [1.82, 2.24) is 20.9 Å². The Morgan fingerprint density at radius 2 is 1.88 bits per heavy atom. The van der Waals surface area contributed by atoms with Gasteiger partial charge in [-0.3, -0.25) is 0 Å². The van der Waals surface area contributed by atoms with Crippen LogP contribution in [0.1, 0.15) is 18.4 Å². The maximum atomic E-state index is 14.3. The van der Waals surface area contributed by atoms with E-state index in [1.807, 2.05) is 30.3 Å². The molecule has 0 aromatic heterocycles. The highest BCUT2D eigenvalue weighted by Crippen LogP contribution is 2.26. The van der Waals surface area contributed by atoms with Crippen LogP contribution in [0, 0.1) is 5.82 Å². The van der Waals surface area contributed by atoms with Crippen LogP contribution < -0.4 is 27.0 Å². The van der Waals surface area contributed by atoms with Crippen molar-refractivity contribution in [1.29, 1.82) is 0 Å². The summed E-state index contributed by atoms with van der Waals surface area (Å²) in [5, 5.41) is 13.3. The second kappa shape index (κ2) is 10.2. The van der Waals surface area contributed by atoms with E-state index in [0.717, 1.165) is 31.5 Å². The Morgan fingerprint density at radius 3 is 2.59 bits per heavy atom. The van der Waals surface area contributed by atoms with Crippen LogP contribution >= 0.6 is 0 Å². The highest BCUT2D eigenvalue weighted by molar-refractivity contribution is 6.01. The molecule has 2 aliphatic heterocycles. The maximum absolute atomic E-state index is 14.3. The summed E-state index contributed by atoms with van der Waals surface area (Å²) in [4.78, 5) is 6.94. The van der Waals surface area contributed by atoms with Gasteiger partial charge in [0.05, 0.1) is 11.4 Å². The molecule has 2 saturated heterocycles. The summed E-state index contributed by atoms with van der Waals surface area (Å²) in [6.45, 7) is 6.54. The molecule has 6 N–H and O–H groups in total. The highest BCUT2D eigenvalue weighted by atomic mass is 19.1. The smallest absolute Gasteiger partial charge is 0.177 e. The van der Waals surface area contributed by atoms with E-state index in [1.165, 1.54) is 12.3 Å². The van der Waals surface area contributed by atoms with E-state index in [0.29, 0.717) is 29.6 Å². The van der Waals surface area contributed by atoms with E-state index in [2.05, 4.69) is 32.7 Å². The van der Waals surface area contributed by atoms with Gasteiger partial charge in [0, 0.05) is 18.8 Å². The van der Waals surface area contributed by atoms with E-state index in [1.54, 1.807) is 18.2 Å². The molecule has 0 spiro atoms. The van der Waals surface area contributed by atoms with Crippen LogP contribution in [0.25, 0.3) is 0 Å². The average Bonchev–Trinajstić information content (AvgIpc) is 3.17. The molecule has 1 unspecified atom stereocenters. The van der Waals surface area contributed by atoms with Gasteiger partial charge in [0.15, 0.2) is 12.1 Å². The zero-order valence-electron chi connectivity index (χ0n) is 18.0. The lowest BCUT2D eigenvalue weighted by molar-refractivity contribution is 0.215. The van der Waals surface area contributed by atoms with Crippen molar-refractivity contribution in [2.24, 2.45) is 10.7 Å². The molecule has 2 aromatic rings. The fraction of sp³-hybridized carbons (Fsp3) is 0.292. The number of aliphatic imine (C=N–C) groups is 1. The predicted molar refractivity (Wildman–Crippen MR) is 127 cm³/mol. The third-order valence-electron chi connectivity index (χ3n) is 5.67. The quantitative estimate of drug-likeness (QED) is 0.460. The number of anilines is 1. The molecule has 2 aromatic carbocycles. The van der Waals surface area contributed by atoms with Crippen molar-refractivity contribution in [3.8, 4) is 0 Å². The number of hydrogen-bond acceptors (Lipinski definition) is 6. The normalized spacial score (nSPS) is 21.5. The standard InChI is InChI=1S/C24H30FN7/c1-17(28-16-18-7-3-2-4-8-18)29-23-22(15-26)31-24(30-21-10-6-5-9-20(21)25)32(23)19-11-13-27-14-12-19/h2-10,15,19,24,27-28,30-31H,1,11-14,16,26H2/b22-15+,29-23?. The SMILES string of the molecule is C=C(N=C1/C(=C\N)NC(Nc2ccccc2F)N1C1CCNCC1)NCc1ccccc1. The molecular formula is C24H30FN7. The summed E-state index contributed by atoms with van der Waals surface area (Å²) in [7, 11) is 0. The summed E-state index contributed by atoms with van der Waals surface area (Å²) in [6.07, 6.45) is 3.00. The molecule has 2 aliphatic rings. The van der Waals surface area contributed by atoms with Gasteiger partial charge in [-0.1, -0.05) is 49.0 Å². The summed E-state index contributed by atoms with van der Waals surface area (Å²) in [5.74, 6) is 0.923. The Balaban J connectivity index is 1.58. The first-order valence-corrected chi connectivity index (χ1v) is 10.9. The van der Waals surface area contributed by atoms with E-state index < -0.39 is 0 Å². The zero-order valence-corrected chi connectivity index (χ0v) is 18.0. The Morgan fingerprint density at radius 1 is 1.16 bits per heavy atom. The largest absolute Gasteiger partial charge is 0.403 e. The Labute approximate surface area is 188 Å². The fourth-order valence-electron chi connectivity index (χ4n) is 4.05. The number of piperidine rings is 1. The van der Waals surface area contributed by atoms with Crippen LogP contribution in [-0.2, 0) is 6.54 Å². The van der Waals surface area contributed by atoms with Crippen LogP contribution in [-0.4, -0.2) is 36.2 Å². The van der Waals surface area contributed by atoms with Crippen molar-refractivity contribution in [3.63, 3.8) is 0 Å². The van der Waals surface area contributed by atoms with Crippen LogP contribution in [0.5, 0.6) is 0 Å². The molecule has 8 heteroatoms. The lowest BCUT2D eigenvalue weighted by Gasteiger charge is -2.37. The zero-order chi connectivity index (χ0) is 22.3. The molecule has 0 aliphatic carbocycles. The second-order valence-corrected chi connectivity index (χ2v) is 7.86. The van der Waals surface area contributed by atoms with Crippen LogP contribution in [0.15, 0.2) is 83.9 Å². The minimum atomic E-state index is -0.384. The lowest BCUT2D eigenvalue weighted by atomic mass is 10.0. The molecule has 2 fully saturated rings. The number of nitrogens with two attached hydrogens (primary N) is 1. The van der Waals surface area contributed by atoms with Gasteiger partial charge in [0.1, 0.15) is 11.6 Å². The number of rotatable bonds is 7. The molecule has 2 heterocycles. The number of hydrogen-bond donors (Lipinski definition) is 5. The fourth-order valence-corrected chi connectivity index (χ4v) is 4.05. The van der Waals surface area contributed by atoms with Crippen molar-refractivity contribution in [2.75, 3.05) is 18.4 Å². The van der Waals surface area contributed by atoms with E-state index >= 15 is 0 Å². The van der Waals surface area contributed by atoms with Gasteiger partial charge in [-0.05, 0) is 43.6 Å². The maximum Gasteiger partial charge on any atom is 0.177 e. The van der Waals surface area contributed by atoms with Gasteiger partial charge in [-0.2, -0.15) is 0 Å². The first-order valence-electron chi connectivity index (χ1n) is 10.9. The lowest BCUT2D eigenvalue weighted by Crippen LogP contribution is -2.52. The van der Waals surface area contributed by atoms with Gasteiger partial charge >= 0.3 is 0 Å². The van der Waals surface area contributed by atoms with Gasteiger partial charge in [0.25, 0.3) is 0 Å². The molecule has 4 rings (SSSR count). The van der Waals surface area contributed by atoms with Crippen molar-refractivity contribution >= 4 is 11.5 Å². The molecule has 0 amide bonds. The topological polar surface area (TPSA) is 89.7 Å². The number of para-hydroxylation sites is 1. The van der Waals surface area contributed by atoms with E-state index in [4.69, 9.17) is 10.7 Å². The number of halogens is 1. The molecule has 0 saturated carbocycles. The van der Waals surface area contributed by atoms with E-state index in [-0.39, 0.29) is 18.1 Å². The number of benzene rings is 2. The molecule has 0 radical (unpaired) electrons. The van der Waals surface area contributed by atoms with Crippen LogP contribution in [0.2, 0.25) is 0 Å². The van der Waals surface area contributed by atoms with Crippen molar-refractivity contribution in [3.05, 3.63) is 90.3 Å². The minimum absolute atomic E-state index is 0.214. The minimum Gasteiger partial charge on any atom is -0.403 e. The number of nitrogens with zero attached hydrogens (tertiary/aromatic N) is 2. The van der Waals surface area contributed by atoms with Gasteiger partial charge in [0.2, 0.25) is 0 Å². The summed E-state index contributed by atoms with van der Waals surface area (Å²) in [5.41, 5.74) is 8.19. The van der Waals surface area contributed by atoms with Crippen molar-refractivity contribution in [2.45, 2.75) is 31.7 Å². The van der Waals surface area contributed by atoms with Crippen molar-refractivity contribution < 1.29 is 4.39 Å². The molecule has 32 heavy (non-hydrogen) atoms. The summed E-state index contributed by atoms with van der Waals surface area (Å²) in [6, 6.07) is 16.9. The second-order valence-electron chi connectivity index (χ2n) is 7.86. The van der Waals surface area contributed by atoms with E-state index in [9.17, 15) is 4.39 Å². The van der Waals surface area contributed by atoms with Gasteiger partial charge < -0.3 is 31.9 Å². The molecule has 1 atom stereocenters. The van der Waals surface area contributed by atoms with Crippen LogP contribution in [0.3, 0.4) is 0 Å². The summed E-state index contributed by atoms with van der Waals surface area (Å²) >= 11 is 0. The molecular weight excluding hydrogens is 405 g/mol. The number of nitrogens with one attached hydrogen (secondary N) is 4. The Bertz CT molecular complexity index is 983. The number of amidine groups is 1. The first-order chi connectivity index (χ1) is 15.7. The Hall–Kier alpha value is -3.52. The molecule has 7 nitrogen and oxygen atoms in total. The average molecular weight is 436 g/mol. The Kier molecular flexibility index (Phi) is 6.91. The van der Waals surface area contributed by atoms with Gasteiger partial charge in [-0.25, -0.2) is 9.38 Å². The molecule has 168 valence electrons. The molecule has 0 bridgehead atoms. The summed E-state index contributed by atoms with van der Waals surface area (Å²) < 4.78 is 14.3. The monoisotopic (exact) mass is 435 g/mol. The predicted octanol–water partition coefficient (Wildman–Crippen LogP) is 2.64.